The van der Waals surface area contributed by atoms with E-state index in [1.165, 1.54) is 38.2 Å². The molecule has 5 nitrogen and oxygen atoms in total. The molecule has 0 aliphatic carbocycles. The fourth-order valence-electron chi connectivity index (χ4n) is 9.56. The number of hydrogen-bond donors (Lipinski definition) is 0. The Bertz CT molecular complexity index is 2910. The minimum Gasteiger partial charge on any atom is -0.453 e. The highest BCUT2D eigenvalue weighted by Gasteiger charge is 2.48. The lowest BCUT2D eigenvalue weighted by molar-refractivity contribution is 0.477. The quantitative estimate of drug-likeness (QED) is 0.169. The van der Waals surface area contributed by atoms with Gasteiger partial charge in [0.25, 0.3) is 6.71 Å². The number of nitrogens with zero attached hydrogens (tertiary/aromatic N) is 3. The van der Waals surface area contributed by atoms with Gasteiger partial charge in [-0.05, 0) is 100 Å². The molecule has 0 atom stereocenters. The molecule has 0 saturated carbocycles. The fraction of sp³-hybridized carbons (Fsp3) is 0. The zero-order chi connectivity index (χ0) is 35.1. The number of rotatable bonds is 2. The van der Waals surface area contributed by atoms with Crippen molar-refractivity contribution in [2.24, 2.45) is 0 Å². The Kier molecular flexibility index (Phi) is 5.39. The van der Waals surface area contributed by atoms with Gasteiger partial charge in [-0.15, -0.1) is 0 Å². The summed E-state index contributed by atoms with van der Waals surface area (Å²) in [4.78, 5) is 4.88. The summed E-state index contributed by atoms with van der Waals surface area (Å²) in [5, 5.41) is 2.52. The summed E-state index contributed by atoms with van der Waals surface area (Å²) in [7, 11) is 0. The molecule has 0 fully saturated rings. The first kappa shape index (κ1) is 28.4. The van der Waals surface area contributed by atoms with Crippen LogP contribution in [0.1, 0.15) is 0 Å². The predicted molar refractivity (Wildman–Crippen MR) is 220 cm³/mol. The molecule has 5 heterocycles. The summed E-state index contributed by atoms with van der Waals surface area (Å²) in [5.74, 6) is 3.44. The van der Waals surface area contributed by atoms with Crippen LogP contribution in [0.25, 0.3) is 38.6 Å². The van der Waals surface area contributed by atoms with E-state index < -0.39 is 0 Å². The van der Waals surface area contributed by atoms with Gasteiger partial charge in [0.15, 0.2) is 23.0 Å². The van der Waals surface area contributed by atoms with Crippen molar-refractivity contribution in [3.05, 3.63) is 170 Å². The van der Waals surface area contributed by atoms with Gasteiger partial charge in [-0.1, -0.05) is 97.1 Å². The Hall–Kier alpha value is -7.18. The molecule has 250 valence electrons. The topological polar surface area (TPSA) is 29.9 Å². The summed E-state index contributed by atoms with van der Waals surface area (Å²) >= 11 is 0. The van der Waals surface area contributed by atoms with Crippen molar-refractivity contribution in [2.45, 2.75) is 0 Å². The number of ether oxygens (including phenoxy) is 2. The molecule has 0 saturated heterocycles. The second-order valence-corrected chi connectivity index (χ2v) is 14.5. The molecule has 8 aromatic carbocycles. The van der Waals surface area contributed by atoms with Crippen molar-refractivity contribution in [1.29, 1.82) is 0 Å². The van der Waals surface area contributed by atoms with Crippen molar-refractivity contribution in [2.75, 3.05) is 9.80 Å². The average molecular weight is 690 g/mol. The third kappa shape index (κ3) is 3.59. The normalized spacial score (nSPS) is 13.7. The lowest BCUT2D eigenvalue weighted by atomic mass is 9.33. The zero-order valence-electron chi connectivity index (χ0n) is 28.9. The van der Waals surface area contributed by atoms with Gasteiger partial charge in [-0.3, -0.25) is 0 Å². The molecule has 0 bridgehead atoms. The van der Waals surface area contributed by atoms with Crippen molar-refractivity contribution >= 4 is 79.0 Å². The zero-order valence-corrected chi connectivity index (χ0v) is 28.9. The van der Waals surface area contributed by atoms with Crippen LogP contribution >= 0.6 is 0 Å². The predicted octanol–water partition coefficient (Wildman–Crippen LogP) is 10.7. The lowest BCUT2D eigenvalue weighted by Gasteiger charge is -2.47. The number of anilines is 6. The molecule has 0 unspecified atom stereocenters. The van der Waals surface area contributed by atoms with Gasteiger partial charge in [0, 0.05) is 27.8 Å². The van der Waals surface area contributed by atoms with Crippen LogP contribution in [-0.4, -0.2) is 11.3 Å². The number of hydrogen-bond acceptors (Lipinski definition) is 4. The fourth-order valence-corrected chi connectivity index (χ4v) is 9.56. The summed E-state index contributed by atoms with van der Waals surface area (Å²) in [5.41, 5.74) is 16.2. The maximum Gasteiger partial charge on any atom is 0.252 e. The van der Waals surface area contributed by atoms with Gasteiger partial charge in [-0.2, -0.15) is 0 Å². The maximum atomic E-state index is 6.64. The minimum absolute atomic E-state index is 0.0122. The van der Waals surface area contributed by atoms with E-state index in [9.17, 15) is 0 Å². The minimum atomic E-state index is -0.0122. The molecule has 1 aromatic heterocycles. The third-order valence-corrected chi connectivity index (χ3v) is 11.7. The Balaban J connectivity index is 1.08. The van der Waals surface area contributed by atoms with Gasteiger partial charge in [0.1, 0.15) is 0 Å². The van der Waals surface area contributed by atoms with E-state index in [0.29, 0.717) is 0 Å². The first-order valence-corrected chi connectivity index (χ1v) is 18.5. The monoisotopic (exact) mass is 689 g/mol. The van der Waals surface area contributed by atoms with Crippen LogP contribution in [0.3, 0.4) is 0 Å². The second kappa shape index (κ2) is 10.2. The standard InChI is InChI=1S/C48H28BN3O2/c1-3-15-36-32(11-1)33-12-2-4-16-37(33)50(36)31-25-23-29(24-26-31)30-27-40-46-41(28-30)52-39-18-6-8-20-43(39)54-45-22-10-14-35(48(45)52)49(46)34-13-9-21-44-47(34)51(40)38-17-5-7-19-42(38)53-44/h1-28H. The van der Waals surface area contributed by atoms with Crippen molar-refractivity contribution in [1.82, 2.24) is 4.57 Å². The average Bonchev–Trinajstić information content (AvgIpc) is 3.57. The van der Waals surface area contributed by atoms with Crippen LogP contribution in [0.5, 0.6) is 23.0 Å². The number of aromatic nitrogens is 1. The van der Waals surface area contributed by atoms with Crippen LogP contribution in [0.2, 0.25) is 0 Å². The van der Waals surface area contributed by atoms with Crippen LogP contribution in [0.15, 0.2) is 170 Å². The van der Waals surface area contributed by atoms with Crippen LogP contribution < -0.4 is 35.7 Å². The van der Waals surface area contributed by atoms with E-state index in [2.05, 4.69) is 172 Å². The summed E-state index contributed by atoms with van der Waals surface area (Å²) in [6, 6.07) is 61.0. The molecular formula is C48H28BN3O2. The number of fused-ring (bicyclic) bond motifs is 11. The highest BCUT2D eigenvalue weighted by molar-refractivity contribution is 7.00. The maximum absolute atomic E-state index is 6.64. The Morgan fingerprint density at radius 3 is 1.43 bits per heavy atom. The van der Waals surface area contributed by atoms with Crippen molar-refractivity contribution < 1.29 is 9.47 Å². The van der Waals surface area contributed by atoms with Gasteiger partial charge < -0.3 is 23.8 Å². The molecule has 0 spiro atoms. The molecule has 4 aliphatic rings. The SMILES string of the molecule is c1ccc2c(c1)Oc1cccc3c1N2c1cc(-c2ccc(-n4c5ccccc5c5ccccc54)cc2)cc2c1B3c1cccc3c1N2c1ccccc1O3. The number of benzene rings is 8. The van der Waals surface area contributed by atoms with Gasteiger partial charge in [0.05, 0.1) is 33.8 Å². The van der Waals surface area contributed by atoms with E-state index in [1.54, 1.807) is 0 Å². The molecule has 0 N–H and O–H groups in total. The smallest absolute Gasteiger partial charge is 0.252 e. The Morgan fingerprint density at radius 2 is 0.870 bits per heavy atom. The lowest BCUT2D eigenvalue weighted by Crippen LogP contribution is -2.61. The van der Waals surface area contributed by atoms with Crippen molar-refractivity contribution in [3.63, 3.8) is 0 Å². The molecular weight excluding hydrogens is 661 g/mol. The van der Waals surface area contributed by atoms with Crippen LogP contribution in [0.4, 0.5) is 34.1 Å². The summed E-state index contributed by atoms with van der Waals surface area (Å²) < 4.78 is 15.7. The number of para-hydroxylation sites is 8. The first-order valence-electron chi connectivity index (χ1n) is 18.5. The Labute approximate surface area is 311 Å². The molecule has 4 aliphatic heterocycles. The molecule has 13 rings (SSSR count). The largest absolute Gasteiger partial charge is 0.453 e. The Morgan fingerprint density at radius 1 is 0.389 bits per heavy atom. The highest BCUT2D eigenvalue weighted by atomic mass is 16.5. The van der Waals surface area contributed by atoms with E-state index in [0.717, 1.165) is 73.9 Å². The summed E-state index contributed by atoms with van der Waals surface area (Å²) in [6.07, 6.45) is 0. The van der Waals surface area contributed by atoms with Gasteiger partial charge in [0.2, 0.25) is 0 Å². The molecule has 0 radical (unpaired) electrons. The molecule has 0 amide bonds. The summed E-state index contributed by atoms with van der Waals surface area (Å²) in [6.45, 7) is -0.0122. The van der Waals surface area contributed by atoms with E-state index >= 15 is 0 Å². The second-order valence-electron chi connectivity index (χ2n) is 14.5. The van der Waals surface area contributed by atoms with E-state index in [4.69, 9.17) is 9.47 Å². The third-order valence-electron chi connectivity index (χ3n) is 11.7. The molecule has 6 heteroatoms. The molecule has 54 heavy (non-hydrogen) atoms. The van der Waals surface area contributed by atoms with E-state index in [-0.39, 0.29) is 6.71 Å². The van der Waals surface area contributed by atoms with Crippen LogP contribution in [0, 0.1) is 0 Å². The van der Waals surface area contributed by atoms with Crippen LogP contribution in [-0.2, 0) is 0 Å². The molecule has 9 aromatic rings. The van der Waals surface area contributed by atoms with E-state index in [1.807, 2.05) is 12.1 Å². The van der Waals surface area contributed by atoms with Gasteiger partial charge in [-0.25, -0.2) is 0 Å². The van der Waals surface area contributed by atoms with Crippen molar-refractivity contribution in [3.8, 4) is 39.8 Å². The first-order chi connectivity index (χ1) is 26.8. The highest BCUT2D eigenvalue weighted by Crippen LogP contribution is 2.56. The van der Waals surface area contributed by atoms with Gasteiger partial charge >= 0.3 is 0 Å².